The Hall–Kier alpha value is -3.08. The fraction of sp³-hybridized carbons (Fsp3) is 0.273. The molecule has 0 atom stereocenters. The zero-order valence-electron chi connectivity index (χ0n) is 16.3. The maximum Gasteiger partial charge on any atom is 0.229 e. The second kappa shape index (κ2) is 8.54. The van der Waals surface area contributed by atoms with Crippen LogP contribution in [0.25, 0.3) is 0 Å². The van der Waals surface area contributed by atoms with E-state index in [0.717, 1.165) is 29.5 Å². The summed E-state index contributed by atoms with van der Waals surface area (Å²) in [7, 11) is 0. The van der Waals surface area contributed by atoms with E-state index in [9.17, 15) is 0 Å². The molecule has 5 heteroatoms. The first-order chi connectivity index (χ1) is 13.0. The molecule has 0 aliphatic heterocycles. The van der Waals surface area contributed by atoms with Gasteiger partial charge in [0.25, 0.3) is 0 Å². The third-order valence-corrected chi connectivity index (χ3v) is 3.89. The SMILES string of the molecule is Cc1cccc(CNc2cc(C)nc(Nc3ccc(OC(C)C)cc3)n2)c1. The summed E-state index contributed by atoms with van der Waals surface area (Å²) in [6.07, 6.45) is 0.158. The number of ether oxygens (including phenoxy) is 1. The van der Waals surface area contributed by atoms with E-state index in [1.54, 1.807) is 0 Å². The highest BCUT2D eigenvalue weighted by Crippen LogP contribution is 2.20. The summed E-state index contributed by atoms with van der Waals surface area (Å²) in [6, 6.07) is 18.2. The van der Waals surface area contributed by atoms with Gasteiger partial charge >= 0.3 is 0 Å². The third-order valence-electron chi connectivity index (χ3n) is 3.89. The molecular formula is C22H26N4O. The molecule has 3 rings (SSSR count). The molecule has 0 fully saturated rings. The van der Waals surface area contributed by atoms with E-state index < -0.39 is 0 Å². The van der Waals surface area contributed by atoms with E-state index in [1.165, 1.54) is 11.1 Å². The first-order valence-electron chi connectivity index (χ1n) is 9.17. The molecule has 0 unspecified atom stereocenters. The van der Waals surface area contributed by atoms with Gasteiger partial charge in [-0.2, -0.15) is 4.98 Å². The van der Waals surface area contributed by atoms with Crippen LogP contribution in [0.15, 0.2) is 54.6 Å². The highest BCUT2D eigenvalue weighted by molar-refractivity contribution is 5.56. The fourth-order valence-corrected chi connectivity index (χ4v) is 2.75. The number of hydrogen-bond acceptors (Lipinski definition) is 5. The first-order valence-corrected chi connectivity index (χ1v) is 9.17. The van der Waals surface area contributed by atoms with Crippen LogP contribution >= 0.6 is 0 Å². The summed E-state index contributed by atoms with van der Waals surface area (Å²) >= 11 is 0. The van der Waals surface area contributed by atoms with Gasteiger partial charge in [-0.25, -0.2) is 4.98 Å². The Balaban J connectivity index is 1.67. The quantitative estimate of drug-likeness (QED) is 0.602. The van der Waals surface area contributed by atoms with Gasteiger partial charge in [-0.15, -0.1) is 0 Å². The number of aryl methyl sites for hydroxylation is 2. The van der Waals surface area contributed by atoms with Crippen molar-refractivity contribution in [3.8, 4) is 5.75 Å². The Morgan fingerprint density at radius 1 is 0.963 bits per heavy atom. The Bertz CT molecular complexity index is 891. The summed E-state index contributed by atoms with van der Waals surface area (Å²) < 4.78 is 5.67. The second-order valence-corrected chi connectivity index (χ2v) is 6.88. The van der Waals surface area contributed by atoms with E-state index in [0.29, 0.717) is 5.95 Å². The summed E-state index contributed by atoms with van der Waals surface area (Å²) in [5, 5.41) is 6.63. The van der Waals surface area contributed by atoms with Crippen molar-refractivity contribution in [2.45, 2.75) is 40.3 Å². The van der Waals surface area contributed by atoms with Gasteiger partial charge in [0, 0.05) is 24.0 Å². The van der Waals surface area contributed by atoms with Crippen LogP contribution in [0.5, 0.6) is 5.75 Å². The van der Waals surface area contributed by atoms with E-state index in [1.807, 2.05) is 51.1 Å². The Morgan fingerprint density at radius 3 is 2.44 bits per heavy atom. The monoisotopic (exact) mass is 362 g/mol. The van der Waals surface area contributed by atoms with Crippen molar-refractivity contribution in [1.82, 2.24) is 9.97 Å². The highest BCUT2D eigenvalue weighted by Gasteiger charge is 2.04. The molecule has 2 N–H and O–H groups in total. The average Bonchev–Trinajstić information content (AvgIpc) is 2.61. The molecular weight excluding hydrogens is 336 g/mol. The van der Waals surface area contributed by atoms with E-state index in [2.05, 4.69) is 51.8 Å². The van der Waals surface area contributed by atoms with Crippen LogP contribution in [0.3, 0.4) is 0 Å². The molecule has 0 aliphatic rings. The molecule has 0 amide bonds. The molecule has 5 nitrogen and oxygen atoms in total. The molecule has 0 saturated heterocycles. The Labute approximate surface area is 160 Å². The van der Waals surface area contributed by atoms with Gasteiger partial charge in [-0.05, 0) is 57.5 Å². The van der Waals surface area contributed by atoms with Gasteiger partial charge in [-0.3, -0.25) is 0 Å². The maximum absolute atomic E-state index is 5.67. The largest absolute Gasteiger partial charge is 0.491 e. The number of hydrogen-bond donors (Lipinski definition) is 2. The van der Waals surface area contributed by atoms with E-state index in [4.69, 9.17) is 4.74 Å². The first kappa shape index (κ1) is 18.7. The van der Waals surface area contributed by atoms with Crippen LogP contribution in [-0.2, 0) is 6.54 Å². The molecule has 0 bridgehead atoms. The van der Waals surface area contributed by atoms with Crippen molar-refractivity contribution in [3.63, 3.8) is 0 Å². The Morgan fingerprint density at radius 2 is 1.74 bits per heavy atom. The number of rotatable bonds is 7. The van der Waals surface area contributed by atoms with Crippen LogP contribution in [0.1, 0.15) is 30.7 Å². The molecule has 1 heterocycles. The van der Waals surface area contributed by atoms with E-state index in [-0.39, 0.29) is 6.10 Å². The van der Waals surface area contributed by atoms with Crippen molar-refractivity contribution in [1.29, 1.82) is 0 Å². The van der Waals surface area contributed by atoms with Crippen LogP contribution in [0, 0.1) is 13.8 Å². The molecule has 1 aromatic heterocycles. The lowest BCUT2D eigenvalue weighted by Crippen LogP contribution is -2.06. The molecule has 2 aromatic carbocycles. The number of nitrogens with one attached hydrogen (secondary N) is 2. The average molecular weight is 362 g/mol. The molecule has 0 radical (unpaired) electrons. The fourth-order valence-electron chi connectivity index (χ4n) is 2.75. The summed E-state index contributed by atoms with van der Waals surface area (Å²) in [6.45, 7) is 8.80. The lowest BCUT2D eigenvalue weighted by atomic mass is 10.1. The summed E-state index contributed by atoms with van der Waals surface area (Å²) in [5.74, 6) is 2.21. The van der Waals surface area contributed by atoms with Crippen LogP contribution in [0.2, 0.25) is 0 Å². The number of anilines is 3. The molecule has 0 saturated carbocycles. The lowest BCUT2D eigenvalue weighted by Gasteiger charge is -2.12. The van der Waals surface area contributed by atoms with Gasteiger partial charge in [0.2, 0.25) is 5.95 Å². The lowest BCUT2D eigenvalue weighted by molar-refractivity contribution is 0.242. The predicted molar refractivity (Wildman–Crippen MR) is 111 cm³/mol. The van der Waals surface area contributed by atoms with E-state index >= 15 is 0 Å². The van der Waals surface area contributed by atoms with Crippen molar-refractivity contribution in [2.24, 2.45) is 0 Å². The predicted octanol–water partition coefficient (Wildman–Crippen LogP) is 5.24. The van der Waals surface area contributed by atoms with Gasteiger partial charge in [0.05, 0.1) is 6.10 Å². The smallest absolute Gasteiger partial charge is 0.229 e. The molecule has 27 heavy (non-hydrogen) atoms. The van der Waals surface area contributed by atoms with Crippen molar-refractivity contribution in [2.75, 3.05) is 10.6 Å². The Kier molecular flexibility index (Phi) is 5.91. The third kappa shape index (κ3) is 5.71. The zero-order valence-corrected chi connectivity index (χ0v) is 16.3. The van der Waals surface area contributed by atoms with Crippen LogP contribution < -0.4 is 15.4 Å². The van der Waals surface area contributed by atoms with Gasteiger partial charge in [0.15, 0.2) is 0 Å². The maximum atomic E-state index is 5.67. The summed E-state index contributed by atoms with van der Waals surface area (Å²) in [4.78, 5) is 9.05. The van der Waals surface area contributed by atoms with Crippen LogP contribution in [0.4, 0.5) is 17.5 Å². The molecule has 140 valence electrons. The topological polar surface area (TPSA) is 59.1 Å². The minimum atomic E-state index is 0.158. The minimum Gasteiger partial charge on any atom is -0.491 e. The zero-order chi connectivity index (χ0) is 19.2. The highest BCUT2D eigenvalue weighted by atomic mass is 16.5. The second-order valence-electron chi connectivity index (χ2n) is 6.88. The number of nitrogens with zero attached hydrogens (tertiary/aromatic N) is 2. The van der Waals surface area contributed by atoms with Crippen LogP contribution in [-0.4, -0.2) is 16.1 Å². The minimum absolute atomic E-state index is 0.158. The normalized spacial score (nSPS) is 10.7. The standard InChI is InChI=1S/C22H26N4O/c1-15(2)27-20-10-8-19(9-11-20)25-22-24-17(4)13-21(26-22)23-14-18-7-5-6-16(3)12-18/h5-13,15H,14H2,1-4H3,(H2,23,24,25,26). The molecule has 3 aromatic rings. The number of benzene rings is 2. The van der Waals surface area contributed by atoms with Crippen molar-refractivity contribution < 1.29 is 4.74 Å². The van der Waals surface area contributed by atoms with Crippen molar-refractivity contribution in [3.05, 3.63) is 71.4 Å². The van der Waals surface area contributed by atoms with Crippen molar-refractivity contribution >= 4 is 17.5 Å². The van der Waals surface area contributed by atoms with Gasteiger partial charge in [-0.1, -0.05) is 29.8 Å². The number of aromatic nitrogens is 2. The molecule has 0 spiro atoms. The summed E-state index contributed by atoms with van der Waals surface area (Å²) in [5.41, 5.74) is 4.29. The van der Waals surface area contributed by atoms with Gasteiger partial charge in [0.1, 0.15) is 11.6 Å². The molecule has 0 aliphatic carbocycles. The van der Waals surface area contributed by atoms with Gasteiger partial charge < -0.3 is 15.4 Å².